The van der Waals surface area contributed by atoms with Crippen LogP contribution >= 0.6 is 0 Å². The summed E-state index contributed by atoms with van der Waals surface area (Å²) in [5.74, 6) is 2.13. The Hall–Kier alpha value is -2.61. The average Bonchev–Trinajstić information content (AvgIpc) is 2.54. The van der Waals surface area contributed by atoms with E-state index in [9.17, 15) is 0 Å². The molecule has 0 spiro atoms. The lowest BCUT2D eigenvalue weighted by Gasteiger charge is -2.20. The number of nitriles is 1. The molecule has 0 amide bonds. The van der Waals surface area contributed by atoms with Gasteiger partial charge in [-0.15, -0.1) is 10.2 Å². The van der Waals surface area contributed by atoms with E-state index in [1.54, 1.807) is 12.1 Å². The Balaban J connectivity index is 2.07. The summed E-state index contributed by atoms with van der Waals surface area (Å²) >= 11 is 0. The summed E-state index contributed by atoms with van der Waals surface area (Å²) in [6.45, 7) is 9.14. The Bertz CT molecular complexity index is 704. The first-order valence-corrected chi connectivity index (χ1v) is 8.22. The van der Waals surface area contributed by atoms with Gasteiger partial charge in [-0.25, -0.2) is 0 Å². The molecule has 126 valence electrons. The minimum Gasteiger partial charge on any atom is -0.490 e. The molecule has 0 aliphatic heterocycles. The first-order chi connectivity index (χ1) is 11.5. The molecule has 24 heavy (non-hydrogen) atoms. The van der Waals surface area contributed by atoms with E-state index in [2.05, 4.69) is 61.4 Å². The quantitative estimate of drug-likeness (QED) is 0.831. The van der Waals surface area contributed by atoms with Crippen molar-refractivity contribution in [3.8, 4) is 11.8 Å². The van der Waals surface area contributed by atoms with Gasteiger partial charge in [-0.05, 0) is 49.9 Å². The van der Waals surface area contributed by atoms with E-state index < -0.39 is 0 Å². The van der Waals surface area contributed by atoms with Gasteiger partial charge < -0.3 is 10.1 Å². The van der Waals surface area contributed by atoms with Gasteiger partial charge >= 0.3 is 0 Å². The predicted octanol–water partition coefficient (Wildman–Crippen LogP) is 4.08. The van der Waals surface area contributed by atoms with Crippen LogP contribution in [-0.2, 0) is 6.54 Å². The molecule has 0 aliphatic rings. The van der Waals surface area contributed by atoms with Crippen LogP contribution in [-0.4, -0.2) is 16.3 Å². The summed E-state index contributed by atoms with van der Waals surface area (Å²) in [5, 5.41) is 19.8. The highest BCUT2D eigenvalue weighted by Gasteiger charge is 2.11. The lowest BCUT2D eigenvalue weighted by atomic mass is 10.1. The molecule has 1 N–H and O–H groups in total. The van der Waals surface area contributed by atoms with Gasteiger partial charge in [0.1, 0.15) is 17.6 Å². The van der Waals surface area contributed by atoms with Gasteiger partial charge in [-0.1, -0.05) is 26.0 Å². The summed E-state index contributed by atoms with van der Waals surface area (Å²) in [6.07, 6.45) is 1.18. The van der Waals surface area contributed by atoms with Crippen LogP contribution in [0, 0.1) is 24.2 Å². The van der Waals surface area contributed by atoms with Crippen molar-refractivity contribution in [1.29, 1.82) is 5.26 Å². The fourth-order valence-electron chi connectivity index (χ4n) is 2.52. The Labute approximate surface area is 143 Å². The monoisotopic (exact) mass is 324 g/mol. The van der Waals surface area contributed by atoms with Crippen molar-refractivity contribution in [1.82, 2.24) is 10.2 Å². The molecule has 2 aromatic rings. The summed E-state index contributed by atoms with van der Waals surface area (Å²) in [4.78, 5) is 0. The fourth-order valence-corrected chi connectivity index (χ4v) is 2.52. The Morgan fingerprint density at radius 2 is 1.96 bits per heavy atom. The van der Waals surface area contributed by atoms with E-state index in [1.165, 1.54) is 5.56 Å². The molecule has 5 nitrogen and oxygen atoms in total. The number of aromatic nitrogens is 2. The van der Waals surface area contributed by atoms with Crippen molar-refractivity contribution < 1.29 is 4.74 Å². The van der Waals surface area contributed by atoms with E-state index in [0.717, 1.165) is 17.7 Å². The van der Waals surface area contributed by atoms with Crippen LogP contribution in [0.4, 0.5) is 5.82 Å². The zero-order chi connectivity index (χ0) is 17.5. The van der Waals surface area contributed by atoms with Crippen LogP contribution in [0.5, 0.6) is 5.75 Å². The van der Waals surface area contributed by atoms with Crippen LogP contribution in [0.2, 0.25) is 0 Å². The topological polar surface area (TPSA) is 70.8 Å². The maximum atomic E-state index is 8.76. The highest BCUT2D eigenvalue weighted by molar-refractivity contribution is 5.42. The highest BCUT2D eigenvalue weighted by atomic mass is 16.5. The lowest BCUT2D eigenvalue weighted by molar-refractivity contribution is 0.191. The van der Waals surface area contributed by atoms with Crippen molar-refractivity contribution in [3.63, 3.8) is 0 Å². The molecule has 1 unspecified atom stereocenters. The third-order valence-electron chi connectivity index (χ3n) is 3.59. The Kier molecular flexibility index (Phi) is 6.14. The van der Waals surface area contributed by atoms with Crippen LogP contribution in [0.1, 0.15) is 44.0 Å². The number of benzene rings is 1. The number of aryl methyl sites for hydroxylation is 1. The standard InChI is InChI=1S/C19H24N4O/c1-13(2)9-15(4)24-18-10-14(3)5-6-16(18)12-21-19-8-7-17(11-20)22-23-19/h5-8,10,13,15H,9,12H2,1-4H3,(H,21,23). The van der Waals surface area contributed by atoms with Crippen molar-refractivity contribution in [2.24, 2.45) is 5.92 Å². The van der Waals surface area contributed by atoms with Gasteiger partial charge in [0.2, 0.25) is 0 Å². The lowest BCUT2D eigenvalue weighted by Crippen LogP contribution is -2.16. The molecule has 0 aliphatic carbocycles. The van der Waals surface area contributed by atoms with Crippen molar-refractivity contribution in [2.45, 2.75) is 46.8 Å². The number of anilines is 1. The van der Waals surface area contributed by atoms with Gasteiger partial charge in [-0.2, -0.15) is 5.26 Å². The third-order valence-corrected chi connectivity index (χ3v) is 3.59. The SMILES string of the molecule is Cc1ccc(CNc2ccc(C#N)nn2)c(OC(C)CC(C)C)c1. The molecule has 2 rings (SSSR count). The summed E-state index contributed by atoms with van der Waals surface area (Å²) in [6, 6.07) is 11.6. The number of ether oxygens (including phenoxy) is 1. The van der Waals surface area contributed by atoms with E-state index >= 15 is 0 Å². The molecule has 1 heterocycles. The summed E-state index contributed by atoms with van der Waals surface area (Å²) in [7, 11) is 0. The third kappa shape index (κ3) is 5.24. The van der Waals surface area contributed by atoms with Gasteiger partial charge in [0.25, 0.3) is 0 Å². The zero-order valence-electron chi connectivity index (χ0n) is 14.7. The highest BCUT2D eigenvalue weighted by Crippen LogP contribution is 2.24. The van der Waals surface area contributed by atoms with Crippen LogP contribution in [0.25, 0.3) is 0 Å². The average molecular weight is 324 g/mol. The second-order valence-corrected chi connectivity index (χ2v) is 6.44. The molecule has 0 saturated carbocycles. The molecule has 0 saturated heterocycles. The van der Waals surface area contributed by atoms with Crippen LogP contribution < -0.4 is 10.1 Å². The molecule has 1 aromatic carbocycles. The molecule has 5 heteroatoms. The number of rotatable bonds is 7. The van der Waals surface area contributed by atoms with E-state index in [0.29, 0.717) is 24.0 Å². The maximum absolute atomic E-state index is 8.76. The summed E-state index contributed by atoms with van der Waals surface area (Å²) in [5.41, 5.74) is 2.55. The largest absolute Gasteiger partial charge is 0.490 e. The Morgan fingerprint density at radius 3 is 2.58 bits per heavy atom. The van der Waals surface area contributed by atoms with Gasteiger partial charge in [0, 0.05) is 12.1 Å². The van der Waals surface area contributed by atoms with E-state index in [4.69, 9.17) is 10.00 Å². The zero-order valence-corrected chi connectivity index (χ0v) is 14.7. The van der Waals surface area contributed by atoms with Gasteiger partial charge in [0.15, 0.2) is 5.69 Å². The minimum atomic E-state index is 0.167. The maximum Gasteiger partial charge on any atom is 0.163 e. The molecule has 0 radical (unpaired) electrons. The van der Waals surface area contributed by atoms with E-state index in [-0.39, 0.29) is 6.10 Å². The minimum absolute atomic E-state index is 0.167. The molecule has 0 bridgehead atoms. The molecule has 1 aromatic heterocycles. The van der Waals surface area contributed by atoms with E-state index in [1.807, 2.05) is 6.07 Å². The second kappa shape index (κ2) is 8.30. The summed E-state index contributed by atoms with van der Waals surface area (Å²) < 4.78 is 6.14. The van der Waals surface area contributed by atoms with Crippen molar-refractivity contribution in [2.75, 3.05) is 5.32 Å². The van der Waals surface area contributed by atoms with Gasteiger partial charge in [-0.3, -0.25) is 0 Å². The molecule has 1 atom stereocenters. The van der Waals surface area contributed by atoms with Crippen LogP contribution in [0.15, 0.2) is 30.3 Å². The number of nitrogens with one attached hydrogen (secondary N) is 1. The molecule has 0 fully saturated rings. The first-order valence-electron chi connectivity index (χ1n) is 8.22. The fraction of sp³-hybridized carbons (Fsp3) is 0.421. The predicted molar refractivity (Wildman–Crippen MR) is 94.8 cm³/mol. The first kappa shape index (κ1) is 17.7. The van der Waals surface area contributed by atoms with Gasteiger partial charge in [0.05, 0.1) is 6.10 Å². The van der Waals surface area contributed by atoms with Crippen LogP contribution in [0.3, 0.4) is 0 Å². The number of hydrogen-bond donors (Lipinski definition) is 1. The molecular weight excluding hydrogens is 300 g/mol. The smallest absolute Gasteiger partial charge is 0.163 e. The van der Waals surface area contributed by atoms with Crippen molar-refractivity contribution >= 4 is 5.82 Å². The molecular formula is C19H24N4O. The number of hydrogen-bond acceptors (Lipinski definition) is 5. The Morgan fingerprint density at radius 1 is 1.17 bits per heavy atom. The van der Waals surface area contributed by atoms with Crippen molar-refractivity contribution in [3.05, 3.63) is 47.2 Å². The number of nitrogens with zero attached hydrogens (tertiary/aromatic N) is 3. The second-order valence-electron chi connectivity index (χ2n) is 6.44. The normalized spacial score (nSPS) is 11.8.